The second kappa shape index (κ2) is 5.06. The fourth-order valence-electron chi connectivity index (χ4n) is 2.65. The number of halogens is 1. The lowest BCUT2D eigenvalue weighted by Crippen LogP contribution is -2.06. The molecule has 0 atom stereocenters. The summed E-state index contributed by atoms with van der Waals surface area (Å²) in [6.45, 7) is 4.65. The van der Waals surface area contributed by atoms with E-state index in [0.29, 0.717) is 12.2 Å². The molecule has 0 saturated carbocycles. The summed E-state index contributed by atoms with van der Waals surface area (Å²) >= 11 is 3.48. The van der Waals surface area contributed by atoms with Crippen LogP contribution in [0.1, 0.15) is 32.6 Å². The van der Waals surface area contributed by atoms with Gasteiger partial charge in [0.2, 0.25) is 0 Å². The molecule has 0 amide bonds. The fraction of sp³-hybridized carbons (Fsp3) is 0.235. The van der Waals surface area contributed by atoms with Crippen molar-refractivity contribution in [2.24, 2.45) is 0 Å². The molecule has 3 rings (SSSR count). The molecule has 0 spiro atoms. The predicted octanol–water partition coefficient (Wildman–Crippen LogP) is 4.23. The Balaban J connectivity index is 2.11. The third-order valence-electron chi connectivity index (χ3n) is 3.62. The summed E-state index contributed by atoms with van der Waals surface area (Å²) in [5.74, 6) is 0.778. The van der Waals surface area contributed by atoms with Gasteiger partial charge in [-0.25, -0.2) is 0 Å². The van der Waals surface area contributed by atoms with E-state index in [-0.39, 0.29) is 5.78 Å². The second-order valence-electron chi connectivity index (χ2n) is 5.19. The second-order valence-corrected chi connectivity index (χ2v) is 6.10. The predicted molar refractivity (Wildman–Crippen MR) is 82.7 cm³/mol. The number of ketones is 1. The zero-order valence-corrected chi connectivity index (χ0v) is 13.1. The highest BCUT2D eigenvalue weighted by molar-refractivity contribution is 9.10. The Kier molecular flexibility index (Phi) is 3.38. The van der Waals surface area contributed by atoms with E-state index in [9.17, 15) is 4.79 Å². The van der Waals surface area contributed by atoms with Gasteiger partial charge in [-0.3, -0.25) is 4.79 Å². The molecule has 3 heteroatoms. The molecule has 1 heterocycles. The molecule has 0 N–H and O–H groups in total. The first-order chi connectivity index (χ1) is 9.56. The average molecular weight is 331 g/mol. The maximum atomic E-state index is 12.8. The summed E-state index contributed by atoms with van der Waals surface area (Å²) in [7, 11) is 0. The van der Waals surface area contributed by atoms with E-state index in [4.69, 9.17) is 4.74 Å². The fourth-order valence-corrected chi connectivity index (χ4v) is 3.16. The molecule has 2 aromatic rings. The normalized spacial score (nSPS) is 12.9. The summed E-state index contributed by atoms with van der Waals surface area (Å²) in [6, 6.07) is 9.79. The smallest absolute Gasteiger partial charge is 0.197 e. The van der Waals surface area contributed by atoms with Gasteiger partial charge in [-0.05, 0) is 37.1 Å². The van der Waals surface area contributed by atoms with Crippen molar-refractivity contribution in [2.45, 2.75) is 20.3 Å². The molecule has 20 heavy (non-hydrogen) atoms. The van der Waals surface area contributed by atoms with Gasteiger partial charge in [-0.1, -0.05) is 39.7 Å². The Bertz CT molecular complexity index is 704. The monoisotopic (exact) mass is 330 g/mol. The van der Waals surface area contributed by atoms with Crippen molar-refractivity contribution in [3.63, 3.8) is 0 Å². The van der Waals surface area contributed by atoms with Crippen LogP contribution in [-0.2, 0) is 6.42 Å². The number of aryl methyl sites for hydroxylation is 2. The van der Waals surface area contributed by atoms with Gasteiger partial charge in [0, 0.05) is 16.5 Å². The van der Waals surface area contributed by atoms with Crippen LogP contribution in [0.3, 0.4) is 0 Å². The zero-order chi connectivity index (χ0) is 14.3. The number of carbonyl (C=O) groups excluding carboxylic acids is 1. The first kappa shape index (κ1) is 13.4. The number of rotatable bonds is 2. The van der Waals surface area contributed by atoms with Crippen molar-refractivity contribution in [3.05, 3.63) is 62.6 Å². The van der Waals surface area contributed by atoms with Crippen LogP contribution < -0.4 is 4.74 Å². The van der Waals surface area contributed by atoms with Gasteiger partial charge >= 0.3 is 0 Å². The Hall–Kier alpha value is -1.61. The molecule has 2 aromatic carbocycles. The van der Waals surface area contributed by atoms with E-state index < -0.39 is 0 Å². The Labute approximate surface area is 126 Å². The largest absolute Gasteiger partial charge is 0.492 e. The molecule has 0 radical (unpaired) electrons. The molecule has 2 nitrogen and oxygen atoms in total. The molecule has 1 aliphatic heterocycles. The summed E-state index contributed by atoms with van der Waals surface area (Å²) in [6.07, 6.45) is 0.863. The number of carbonyl (C=O) groups is 1. The number of hydrogen-bond donors (Lipinski definition) is 0. The van der Waals surface area contributed by atoms with Crippen LogP contribution in [0, 0.1) is 13.8 Å². The van der Waals surface area contributed by atoms with Gasteiger partial charge in [-0.2, -0.15) is 0 Å². The van der Waals surface area contributed by atoms with Crippen molar-refractivity contribution in [2.75, 3.05) is 6.61 Å². The van der Waals surface area contributed by atoms with E-state index in [0.717, 1.165) is 38.9 Å². The molecule has 0 unspecified atom stereocenters. The van der Waals surface area contributed by atoms with Gasteiger partial charge in [0.05, 0.1) is 12.2 Å². The minimum atomic E-state index is 0.0296. The minimum Gasteiger partial charge on any atom is -0.492 e. The van der Waals surface area contributed by atoms with Crippen LogP contribution in [0.4, 0.5) is 0 Å². The summed E-state index contributed by atoms with van der Waals surface area (Å²) in [5.41, 5.74) is 4.66. The van der Waals surface area contributed by atoms with Gasteiger partial charge < -0.3 is 4.74 Å². The first-order valence-corrected chi connectivity index (χ1v) is 7.43. The number of hydrogen-bond acceptors (Lipinski definition) is 2. The lowest BCUT2D eigenvalue weighted by atomic mass is 9.96. The van der Waals surface area contributed by atoms with Crippen molar-refractivity contribution in [3.8, 4) is 5.75 Å². The number of fused-ring (bicyclic) bond motifs is 1. The van der Waals surface area contributed by atoms with Crippen LogP contribution in [0.15, 0.2) is 34.8 Å². The van der Waals surface area contributed by atoms with Crippen molar-refractivity contribution in [1.82, 2.24) is 0 Å². The minimum absolute atomic E-state index is 0.0296. The van der Waals surface area contributed by atoms with Crippen molar-refractivity contribution < 1.29 is 9.53 Å². The van der Waals surface area contributed by atoms with Crippen molar-refractivity contribution in [1.29, 1.82) is 0 Å². The van der Waals surface area contributed by atoms with E-state index in [1.807, 2.05) is 44.2 Å². The van der Waals surface area contributed by atoms with Gasteiger partial charge in [-0.15, -0.1) is 0 Å². The van der Waals surface area contributed by atoms with Gasteiger partial charge in [0.15, 0.2) is 5.78 Å². The maximum Gasteiger partial charge on any atom is 0.197 e. The summed E-state index contributed by atoms with van der Waals surface area (Å²) in [4.78, 5) is 12.8. The topological polar surface area (TPSA) is 26.3 Å². The van der Waals surface area contributed by atoms with Crippen LogP contribution in [0.25, 0.3) is 0 Å². The van der Waals surface area contributed by atoms with Crippen LogP contribution in [0.5, 0.6) is 5.75 Å². The van der Waals surface area contributed by atoms with Crippen LogP contribution in [0.2, 0.25) is 0 Å². The van der Waals surface area contributed by atoms with Crippen LogP contribution in [-0.4, -0.2) is 12.4 Å². The Morgan fingerprint density at radius 3 is 2.70 bits per heavy atom. The Morgan fingerprint density at radius 1 is 1.15 bits per heavy atom. The molecule has 0 aliphatic carbocycles. The van der Waals surface area contributed by atoms with E-state index in [1.165, 1.54) is 0 Å². The van der Waals surface area contributed by atoms with E-state index >= 15 is 0 Å². The molecule has 0 bridgehead atoms. The molecule has 0 aromatic heterocycles. The molecular formula is C17H15BrO2. The summed E-state index contributed by atoms with van der Waals surface area (Å²) < 4.78 is 6.57. The zero-order valence-electron chi connectivity index (χ0n) is 11.5. The quantitative estimate of drug-likeness (QED) is 0.770. The maximum absolute atomic E-state index is 12.8. The third-order valence-corrected chi connectivity index (χ3v) is 4.08. The highest BCUT2D eigenvalue weighted by Gasteiger charge is 2.23. The molecule has 102 valence electrons. The Morgan fingerprint density at radius 2 is 1.95 bits per heavy atom. The lowest BCUT2D eigenvalue weighted by molar-refractivity contribution is 0.103. The molecule has 0 fully saturated rings. The van der Waals surface area contributed by atoms with E-state index in [1.54, 1.807) is 0 Å². The van der Waals surface area contributed by atoms with E-state index in [2.05, 4.69) is 15.9 Å². The highest BCUT2D eigenvalue weighted by Crippen LogP contribution is 2.34. The SMILES string of the molecule is Cc1ccc(C(=O)c2cc(Br)cc3c2OCC3)c(C)c1. The number of ether oxygens (including phenoxy) is 1. The standard InChI is InChI=1S/C17H15BrO2/c1-10-3-4-14(11(2)7-10)16(19)15-9-13(18)8-12-5-6-20-17(12)15/h3-4,7-9H,5-6H2,1-2H3. The van der Waals surface area contributed by atoms with Gasteiger partial charge in [0.25, 0.3) is 0 Å². The van der Waals surface area contributed by atoms with Crippen molar-refractivity contribution >= 4 is 21.7 Å². The average Bonchev–Trinajstić information content (AvgIpc) is 2.85. The highest BCUT2D eigenvalue weighted by atomic mass is 79.9. The number of benzene rings is 2. The summed E-state index contributed by atoms with van der Waals surface area (Å²) in [5, 5.41) is 0. The lowest BCUT2D eigenvalue weighted by Gasteiger charge is -2.10. The van der Waals surface area contributed by atoms with Crippen LogP contribution >= 0.6 is 15.9 Å². The first-order valence-electron chi connectivity index (χ1n) is 6.63. The third kappa shape index (κ3) is 2.27. The molecular weight excluding hydrogens is 316 g/mol. The molecule has 0 saturated heterocycles. The van der Waals surface area contributed by atoms with Gasteiger partial charge in [0.1, 0.15) is 5.75 Å². The molecule has 1 aliphatic rings.